The van der Waals surface area contributed by atoms with Crippen molar-refractivity contribution in [3.8, 4) is 22.2 Å². The Morgan fingerprint density at radius 2 is 1.96 bits per heavy atom. The molecule has 272 valence electrons. The van der Waals surface area contributed by atoms with Gasteiger partial charge in [-0.15, -0.1) is 11.3 Å². The zero-order chi connectivity index (χ0) is 36.1. The van der Waals surface area contributed by atoms with Crippen LogP contribution in [0.3, 0.4) is 0 Å². The van der Waals surface area contributed by atoms with Crippen LogP contribution in [0.4, 0.5) is 0 Å². The smallest absolute Gasteiger partial charge is 0.259 e. The monoisotopic (exact) mass is 737 g/mol. The normalized spacial score (nSPS) is 27.2. The van der Waals surface area contributed by atoms with E-state index in [0.717, 1.165) is 40.9 Å². The molecule has 51 heavy (non-hydrogen) atoms. The van der Waals surface area contributed by atoms with Crippen molar-refractivity contribution >= 4 is 50.0 Å². The number of fused-ring (bicyclic) bond motifs is 3. The van der Waals surface area contributed by atoms with Gasteiger partial charge in [-0.05, 0) is 71.4 Å². The number of carbonyl (C=O) groups excluding carboxylic acids is 3. The highest BCUT2D eigenvalue weighted by Gasteiger charge is 2.62. The summed E-state index contributed by atoms with van der Waals surface area (Å²) in [6.45, 7) is 5.98. The maximum absolute atomic E-state index is 14.2. The third-order valence-corrected chi connectivity index (χ3v) is 13.0. The van der Waals surface area contributed by atoms with Crippen molar-refractivity contribution in [1.29, 1.82) is 0 Å². The molecule has 1 saturated heterocycles. The van der Waals surface area contributed by atoms with Gasteiger partial charge >= 0.3 is 0 Å². The number of amides is 3. The second kappa shape index (κ2) is 13.8. The van der Waals surface area contributed by atoms with Gasteiger partial charge in [0.15, 0.2) is 0 Å². The van der Waals surface area contributed by atoms with Crippen molar-refractivity contribution in [3.05, 3.63) is 47.0 Å². The molecule has 0 bridgehead atoms. The number of allylic oxidation sites excluding steroid dienone is 1. The molecule has 7 rings (SSSR count). The highest BCUT2D eigenvalue weighted by molar-refractivity contribution is 7.91. The number of sulfonamides is 1. The summed E-state index contributed by atoms with van der Waals surface area (Å²) in [6.07, 6.45) is 6.06. The Morgan fingerprint density at radius 1 is 1.16 bits per heavy atom. The van der Waals surface area contributed by atoms with E-state index in [1.807, 2.05) is 49.6 Å². The molecular formula is C36H43N5O8S2. The molecule has 15 heteroatoms. The summed E-state index contributed by atoms with van der Waals surface area (Å²) in [4.78, 5) is 52.8. The third kappa shape index (κ3) is 7.07. The van der Waals surface area contributed by atoms with Gasteiger partial charge in [0.2, 0.25) is 15.9 Å². The van der Waals surface area contributed by atoms with E-state index in [9.17, 15) is 22.8 Å². The topological polar surface area (TPSA) is 166 Å². The number of rotatable bonds is 7. The molecule has 2 saturated carbocycles. The molecule has 0 spiro atoms. The number of hydrogen-bond acceptors (Lipinski definition) is 11. The Bertz CT molecular complexity index is 2010. The van der Waals surface area contributed by atoms with Crippen LogP contribution in [0.1, 0.15) is 63.1 Å². The minimum Gasteiger partial charge on any atom is -0.496 e. The van der Waals surface area contributed by atoms with Gasteiger partial charge in [0, 0.05) is 47.0 Å². The van der Waals surface area contributed by atoms with Crippen molar-refractivity contribution in [1.82, 2.24) is 24.9 Å². The first-order valence-electron chi connectivity index (χ1n) is 17.4. The molecule has 3 fully saturated rings. The lowest BCUT2D eigenvalue weighted by Crippen LogP contribution is -2.57. The standard InChI is InChI=1S/C36H43N5O8S2/c1-20-19-50-33(37-20)27-16-30(26-12-13-29(47-4)21(2)31(26)38-27)49-24-15-28-32(42)39-36(35(44)40-51(45,46)25-10-11-25)17-23(36)9-7-5-6-8-14-48-22(3)34(43)41(28)18-24/h7,9,12-13,16,19,22-25,28H,5-6,8,10-11,14-15,17-18H2,1-4H3,(H,39,42)(H,40,44). The van der Waals surface area contributed by atoms with Gasteiger partial charge in [-0.2, -0.15) is 0 Å². The first kappa shape index (κ1) is 35.3. The Morgan fingerprint density at radius 3 is 2.69 bits per heavy atom. The van der Waals surface area contributed by atoms with Crippen LogP contribution in [0.2, 0.25) is 0 Å². The molecule has 4 heterocycles. The fourth-order valence-corrected chi connectivity index (χ4v) is 9.11. The van der Waals surface area contributed by atoms with Gasteiger partial charge in [-0.25, -0.2) is 18.4 Å². The van der Waals surface area contributed by atoms with Crippen LogP contribution in [-0.2, 0) is 29.1 Å². The number of carbonyl (C=O) groups is 3. The van der Waals surface area contributed by atoms with Crippen LogP contribution in [0.5, 0.6) is 11.5 Å². The minimum absolute atomic E-state index is 0.0911. The van der Waals surface area contributed by atoms with Gasteiger partial charge in [-0.1, -0.05) is 12.2 Å². The predicted molar refractivity (Wildman–Crippen MR) is 191 cm³/mol. The number of aromatic nitrogens is 2. The van der Waals surface area contributed by atoms with Crippen molar-refractivity contribution in [2.75, 3.05) is 20.3 Å². The first-order chi connectivity index (χ1) is 24.4. The molecule has 2 aliphatic carbocycles. The molecule has 3 aromatic rings. The summed E-state index contributed by atoms with van der Waals surface area (Å²) < 4.78 is 46.0. The van der Waals surface area contributed by atoms with E-state index in [0.29, 0.717) is 42.2 Å². The SMILES string of the molecule is COc1ccc2c(OC3CC4C(=O)NC5(C(=O)NS(=O)(=O)C6CC6)CC5C=CCCCCOC(C)C(=O)N4C3)cc(-c3nc(C)cs3)nc2c1C. The average molecular weight is 738 g/mol. The number of nitrogens with one attached hydrogen (secondary N) is 2. The second-order valence-electron chi connectivity index (χ2n) is 14.0. The van der Waals surface area contributed by atoms with E-state index in [1.54, 1.807) is 14.0 Å². The van der Waals surface area contributed by atoms with Crippen LogP contribution < -0.4 is 19.5 Å². The van der Waals surface area contributed by atoms with E-state index in [1.165, 1.54) is 16.2 Å². The maximum Gasteiger partial charge on any atom is 0.259 e. The van der Waals surface area contributed by atoms with Crippen molar-refractivity contribution in [2.24, 2.45) is 5.92 Å². The first-order valence-corrected chi connectivity index (χ1v) is 19.9. The van der Waals surface area contributed by atoms with E-state index >= 15 is 0 Å². The molecule has 13 nitrogen and oxygen atoms in total. The van der Waals surface area contributed by atoms with Crippen molar-refractivity contribution in [3.63, 3.8) is 0 Å². The van der Waals surface area contributed by atoms with E-state index < -0.39 is 50.9 Å². The summed E-state index contributed by atoms with van der Waals surface area (Å²) in [5.41, 5.74) is 1.56. The molecular weight excluding hydrogens is 695 g/mol. The number of ether oxygens (including phenoxy) is 3. The van der Waals surface area contributed by atoms with Gasteiger partial charge in [0.25, 0.3) is 11.8 Å². The summed E-state index contributed by atoms with van der Waals surface area (Å²) in [7, 11) is -2.25. The molecule has 2 N–H and O–H groups in total. The molecule has 0 radical (unpaired) electrons. The summed E-state index contributed by atoms with van der Waals surface area (Å²) >= 11 is 1.47. The van der Waals surface area contributed by atoms with Gasteiger partial charge in [0.1, 0.15) is 46.0 Å². The highest BCUT2D eigenvalue weighted by atomic mass is 32.2. The highest BCUT2D eigenvalue weighted by Crippen LogP contribution is 2.46. The lowest BCUT2D eigenvalue weighted by atomic mass is 10.1. The average Bonchev–Trinajstić information content (AvgIpc) is 3.99. The minimum atomic E-state index is -3.85. The van der Waals surface area contributed by atoms with E-state index in [2.05, 4.69) is 15.0 Å². The molecule has 2 aromatic heterocycles. The lowest BCUT2D eigenvalue weighted by Gasteiger charge is -2.28. The van der Waals surface area contributed by atoms with Crippen molar-refractivity contribution < 1.29 is 37.0 Å². The lowest BCUT2D eigenvalue weighted by molar-refractivity contribution is -0.147. The molecule has 1 aromatic carbocycles. The molecule has 5 atom stereocenters. The summed E-state index contributed by atoms with van der Waals surface area (Å²) in [5, 5.41) is 5.72. The number of benzene rings is 1. The number of aryl methyl sites for hydroxylation is 2. The van der Waals surface area contributed by atoms with Crippen LogP contribution in [0.15, 0.2) is 35.7 Å². The number of hydrogen-bond donors (Lipinski definition) is 2. The molecule has 3 amide bonds. The van der Waals surface area contributed by atoms with E-state index in [4.69, 9.17) is 19.2 Å². The number of thiazole rings is 1. The van der Waals surface area contributed by atoms with Gasteiger partial charge in [-0.3, -0.25) is 19.1 Å². The Labute approximate surface area is 301 Å². The number of methoxy groups -OCH3 is 1. The Kier molecular flexibility index (Phi) is 9.56. The fourth-order valence-electron chi connectivity index (χ4n) is 6.99. The quantitative estimate of drug-likeness (QED) is 0.339. The third-order valence-electron chi connectivity index (χ3n) is 10.2. The van der Waals surface area contributed by atoms with E-state index in [-0.39, 0.29) is 31.2 Å². The fraction of sp³-hybridized carbons (Fsp3) is 0.528. The number of nitrogens with zero attached hydrogens (tertiary/aromatic N) is 3. The molecule has 2 aliphatic heterocycles. The molecule has 4 aliphatic rings. The molecule has 5 unspecified atom stereocenters. The number of pyridine rings is 1. The summed E-state index contributed by atoms with van der Waals surface area (Å²) in [6, 6.07) is 4.56. The second-order valence-corrected chi connectivity index (χ2v) is 16.8. The Balaban J connectivity index is 1.21. The Hall–Kier alpha value is -4.08. The van der Waals surface area contributed by atoms with Crippen molar-refractivity contribution in [2.45, 2.75) is 94.8 Å². The zero-order valence-corrected chi connectivity index (χ0v) is 30.8. The maximum atomic E-state index is 14.2. The van der Waals surface area contributed by atoms with Crippen LogP contribution >= 0.6 is 11.3 Å². The van der Waals surface area contributed by atoms with Gasteiger partial charge in [0.05, 0.1) is 24.4 Å². The van der Waals surface area contributed by atoms with Crippen LogP contribution in [-0.4, -0.2) is 90.3 Å². The van der Waals surface area contributed by atoms with Crippen LogP contribution in [0.25, 0.3) is 21.6 Å². The largest absolute Gasteiger partial charge is 0.496 e. The summed E-state index contributed by atoms with van der Waals surface area (Å²) in [5.74, 6) is -0.855. The zero-order valence-electron chi connectivity index (χ0n) is 29.1. The van der Waals surface area contributed by atoms with Gasteiger partial charge < -0.3 is 24.4 Å². The van der Waals surface area contributed by atoms with Crippen LogP contribution in [0, 0.1) is 19.8 Å². The predicted octanol–water partition coefficient (Wildman–Crippen LogP) is 3.96.